The van der Waals surface area contributed by atoms with Crippen LogP contribution in [0.1, 0.15) is 16.7 Å². The third-order valence-electron chi connectivity index (χ3n) is 9.61. The van der Waals surface area contributed by atoms with E-state index in [1.807, 2.05) is 72.8 Å². The van der Waals surface area contributed by atoms with Gasteiger partial charge < -0.3 is 9.13 Å². The maximum Gasteiger partial charge on any atom is 0.101 e. The Morgan fingerprint density at radius 3 is 1.56 bits per heavy atom. The van der Waals surface area contributed by atoms with Crippen molar-refractivity contribution in [1.29, 1.82) is 15.8 Å². The lowest BCUT2D eigenvalue weighted by Crippen LogP contribution is -1.99. The van der Waals surface area contributed by atoms with Gasteiger partial charge in [0.25, 0.3) is 0 Å². The minimum absolute atomic E-state index is 0.548. The van der Waals surface area contributed by atoms with Crippen molar-refractivity contribution < 1.29 is 0 Å². The van der Waals surface area contributed by atoms with Crippen LogP contribution in [0.3, 0.4) is 0 Å². The Kier molecular flexibility index (Phi) is 6.56. The zero-order valence-corrected chi connectivity index (χ0v) is 26.7. The molecule has 0 aliphatic rings. The number of hydrogen-bond acceptors (Lipinski definition) is 3. The van der Waals surface area contributed by atoms with E-state index in [1.165, 1.54) is 10.8 Å². The summed E-state index contributed by atoms with van der Waals surface area (Å²) < 4.78 is 4.40. The molecule has 0 atom stereocenters. The van der Waals surface area contributed by atoms with E-state index in [9.17, 15) is 15.8 Å². The maximum absolute atomic E-state index is 10.3. The molecule has 0 amide bonds. The molecule has 0 radical (unpaired) electrons. The van der Waals surface area contributed by atoms with E-state index >= 15 is 0 Å². The average Bonchev–Trinajstić information content (AvgIpc) is 3.70. The number of nitriles is 3. The largest absolute Gasteiger partial charge is 0.309 e. The van der Waals surface area contributed by atoms with Gasteiger partial charge in [-0.1, -0.05) is 78.9 Å². The Bertz CT molecular complexity index is 2920. The van der Waals surface area contributed by atoms with Crippen LogP contribution in [-0.4, -0.2) is 9.13 Å². The molecule has 5 heteroatoms. The third kappa shape index (κ3) is 4.38. The molecule has 230 valence electrons. The van der Waals surface area contributed by atoms with Crippen molar-refractivity contribution in [2.75, 3.05) is 0 Å². The van der Waals surface area contributed by atoms with Crippen LogP contribution in [0.4, 0.5) is 0 Å². The predicted molar refractivity (Wildman–Crippen MR) is 200 cm³/mol. The fourth-order valence-corrected chi connectivity index (χ4v) is 7.37. The summed E-state index contributed by atoms with van der Waals surface area (Å²) in [6.07, 6.45) is 0. The molecular weight excluding hydrogens is 611 g/mol. The van der Waals surface area contributed by atoms with Crippen molar-refractivity contribution >= 4 is 43.6 Å². The van der Waals surface area contributed by atoms with Crippen molar-refractivity contribution in [3.8, 4) is 51.8 Å². The van der Waals surface area contributed by atoms with E-state index in [-0.39, 0.29) is 0 Å². The molecular formula is C45H25N5. The molecule has 0 bridgehead atoms. The molecule has 0 saturated heterocycles. The minimum atomic E-state index is 0.548. The SMILES string of the molecule is N#Cc1ccc(-n2c3ccccc3c3ccccc32)c(-c2cccc(-c3ccc(C#N)c(-n4c5ccccc5c5cc(C#N)ccc54)c3)c2)c1. The summed E-state index contributed by atoms with van der Waals surface area (Å²) in [5, 5.41) is 34.2. The molecule has 5 nitrogen and oxygen atoms in total. The normalized spacial score (nSPS) is 11.1. The van der Waals surface area contributed by atoms with Crippen molar-refractivity contribution in [3.63, 3.8) is 0 Å². The third-order valence-corrected chi connectivity index (χ3v) is 9.61. The van der Waals surface area contributed by atoms with Gasteiger partial charge in [0, 0.05) is 27.1 Å². The molecule has 2 heterocycles. The quantitative estimate of drug-likeness (QED) is 0.193. The molecule has 2 aromatic heterocycles. The molecule has 0 aliphatic carbocycles. The van der Waals surface area contributed by atoms with Gasteiger partial charge in [0.2, 0.25) is 0 Å². The van der Waals surface area contributed by atoms with E-state index in [2.05, 4.69) is 106 Å². The van der Waals surface area contributed by atoms with Gasteiger partial charge in [0.15, 0.2) is 0 Å². The lowest BCUT2D eigenvalue weighted by molar-refractivity contribution is 1.17. The van der Waals surface area contributed by atoms with Gasteiger partial charge in [-0.25, -0.2) is 0 Å². The number of rotatable bonds is 4. The van der Waals surface area contributed by atoms with E-state index in [0.717, 1.165) is 66.5 Å². The molecule has 0 aliphatic heterocycles. The monoisotopic (exact) mass is 635 g/mol. The summed E-state index contributed by atoms with van der Waals surface area (Å²) in [5.41, 5.74) is 11.4. The van der Waals surface area contributed by atoms with Crippen LogP contribution in [0.25, 0.3) is 77.2 Å². The standard InChI is InChI=1S/C45H25N5/c46-26-29-16-20-43(49-40-13-4-1-10-35(40)36-11-2-5-14-41(36)49)38(22-29)33-9-7-8-31(24-33)32-18-19-34(28-48)45(25-32)50-42-15-6-3-12-37(42)39-23-30(27-47)17-21-44(39)50/h1-25H. The van der Waals surface area contributed by atoms with Crippen LogP contribution in [0, 0.1) is 34.0 Å². The molecule has 0 unspecified atom stereocenters. The summed E-state index contributed by atoms with van der Waals surface area (Å²) in [6.45, 7) is 0. The van der Waals surface area contributed by atoms with Crippen LogP contribution in [0.15, 0.2) is 152 Å². The second kappa shape index (κ2) is 11.4. The Morgan fingerprint density at radius 2 is 0.900 bits per heavy atom. The van der Waals surface area contributed by atoms with Gasteiger partial charge in [0.05, 0.1) is 62.3 Å². The number of hydrogen-bond donors (Lipinski definition) is 0. The maximum atomic E-state index is 10.3. The topological polar surface area (TPSA) is 81.2 Å². The molecule has 50 heavy (non-hydrogen) atoms. The average molecular weight is 636 g/mol. The highest BCUT2D eigenvalue weighted by Crippen LogP contribution is 2.39. The minimum Gasteiger partial charge on any atom is -0.309 e. The summed E-state index contributed by atoms with van der Waals surface area (Å²) in [4.78, 5) is 0. The fourth-order valence-electron chi connectivity index (χ4n) is 7.37. The second-order valence-electron chi connectivity index (χ2n) is 12.3. The summed E-state index contributed by atoms with van der Waals surface area (Å²) in [6, 6.07) is 57.8. The number of benzene rings is 7. The first-order valence-corrected chi connectivity index (χ1v) is 16.3. The van der Waals surface area contributed by atoms with Crippen molar-refractivity contribution in [3.05, 3.63) is 168 Å². The van der Waals surface area contributed by atoms with Crippen LogP contribution < -0.4 is 0 Å². The number of fused-ring (bicyclic) bond motifs is 6. The van der Waals surface area contributed by atoms with Gasteiger partial charge in [-0.05, 0) is 89.5 Å². The highest BCUT2D eigenvalue weighted by atomic mass is 15.0. The van der Waals surface area contributed by atoms with Gasteiger partial charge >= 0.3 is 0 Å². The highest BCUT2D eigenvalue weighted by Gasteiger charge is 2.18. The molecule has 0 saturated carbocycles. The Balaban J connectivity index is 1.25. The molecule has 0 fully saturated rings. The first kappa shape index (κ1) is 28.8. The first-order valence-electron chi connectivity index (χ1n) is 16.3. The Morgan fingerprint density at radius 1 is 0.360 bits per heavy atom. The van der Waals surface area contributed by atoms with Crippen LogP contribution >= 0.6 is 0 Å². The number of nitrogens with zero attached hydrogens (tertiary/aromatic N) is 5. The van der Waals surface area contributed by atoms with Gasteiger partial charge in [-0.2, -0.15) is 15.8 Å². The first-order chi connectivity index (χ1) is 24.7. The summed E-state index contributed by atoms with van der Waals surface area (Å²) in [5.74, 6) is 0. The van der Waals surface area contributed by atoms with E-state index < -0.39 is 0 Å². The molecule has 0 N–H and O–H groups in total. The Hall–Kier alpha value is -7.39. The fraction of sp³-hybridized carbons (Fsp3) is 0. The van der Waals surface area contributed by atoms with E-state index in [4.69, 9.17) is 0 Å². The van der Waals surface area contributed by atoms with Crippen molar-refractivity contribution in [1.82, 2.24) is 9.13 Å². The second-order valence-corrected chi connectivity index (χ2v) is 12.3. The highest BCUT2D eigenvalue weighted by molar-refractivity contribution is 6.11. The van der Waals surface area contributed by atoms with Crippen molar-refractivity contribution in [2.45, 2.75) is 0 Å². The van der Waals surface area contributed by atoms with Crippen LogP contribution in [0.2, 0.25) is 0 Å². The number of para-hydroxylation sites is 3. The number of aromatic nitrogens is 2. The van der Waals surface area contributed by atoms with Crippen LogP contribution in [0.5, 0.6) is 0 Å². The smallest absolute Gasteiger partial charge is 0.101 e. The van der Waals surface area contributed by atoms with Gasteiger partial charge in [-0.3, -0.25) is 0 Å². The zero-order chi connectivity index (χ0) is 33.8. The predicted octanol–water partition coefficient (Wildman–Crippen LogP) is 10.8. The summed E-state index contributed by atoms with van der Waals surface area (Å²) >= 11 is 0. The Labute approximate surface area is 287 Å². The zero-order valence-electron chi connectivity index (χ0n) is 26.7. The van der Waals surface area contributed by atoms with Crippen LogP contribution in [-0.2, 0) is 0 Å². The molecule has 7 aromatic carbocycles. The lowest BCUT2D eigenvalue weighted by atomic mass is 9.95. The van der Waals surface area contributed by atoms with E-state index in [1.54, 1.807) is 0 Å². The van der Waals surface area contributed by atoms with Gasteiger partial charge in [0.1, 0.15) is 6.07 Å². The van der Waals surface area contributed by atoms with E-state index in [0.29, 0.717) is 16.7 Å². The molecule has 9 rings (SSSR count). The lowest BCUT2D eigenvalue weighted by Gasteiger charge is -2.16. The molecule has 0 spiro atoms. The summed E-state index contributed by atoms with van der Waals surface area (Å²) in [7, 11) is 0. The van der Waals surface area contributed by atoms with Gasteiger partial charge in [-0.15, -0.1) is 0 Å². The van der Waals surface area contributed by atoms with Crippen molar-refractivity contribution in [2.24, 2.45) is 0 Å². The molecule has 9 aromatic rings.